The quantitative estimate of drug-likeness (QED) is 0.820. The van der Waals surface area contributed by atoms with Crippen LogP contribution in [0.2, 0.25) is 0 Å². The highest BCUT2D eigenvalue weighted by molar-refractivity contribution is 7.13. The smallest absolute Gasteiger partial charge is 0.230 e. The Balaban J connectivity index is 1.39. The Labute approximate surface area is 143 Å². The van der Waals surface area contributed by atoms with Gasteiger partial charge >= 0.3 is 0 Å². The van der Waals surface area contributed by atoms with Crippen molar-refractivity contribution in [2.24, 2.45) is 11.8 Å². The van der Waals surface area contributed by atoms with Gasteiger partial charge in [-0.1, -0.05) is 5.21 Å². The highest BCUT2D eigenvalue weighted by atomic mass is 32.1. The predicted molar refractivity (Wildman–Crippen MR) is 88.3 cm³/mol. The van der Waals surface area contributed by atoms with Crippen molar-refractivity contribution in [1.29, 1.82) is 0 Å². The molecule has 24 heavy (non-hydrogen) atoms. The summed E-state index contributed by atoms with van der Waals surface area (Å²) in [5.41, 5.74) is 0.590. The number of anilines is 1. The van der Waals surface area contributed by atoms with Gasteiger partial charge in [-0.3, -0.25) is 14.4 Å². The van der Waals surface area contributed by atoms with Gasteiger partial charge in [-0.25, -0.2) is 4.98 Å². The van der Waals surface area contributed by atoms with Crippen LogP contribution < -0.4 is 5.32 Å². The lowest BCUT2D eigenvalue weighted by molar-refractivity contribution is -0.127. The Kier molecular flexibility index (Phi) is 4.30. The zero-order valence-electron chi connectivity index (χ0n) is 13.2. The maximum absolute atomic E-state index is 12.5. The summed E-state index contributed by atoms with van der Waals surface area (Å²) in [5, 5.41) is 22.5. The second-order valence-corrected chi connectivity index (χ2v) is 7.35. The molecule has 4 unspecified atom stereocenters. The first kappa shape index (κ1) is 15.7. The lowest BCUT2D eigenvalue weighted by Gasteiger charge is -2.49. The second kappa shape index (κ2) is 6.58. The van der Waals surface area contributed by atoms with E-state index in [1.54, 1.807) is 17.1 Å². The van der Waals surface area contributed by atoms with E-state index in [1.165, 1.54) is 11.3 Å². The van der Waals surface area contributed by atoms with E-state index in [0.717, 1.165) is 32.5 Å². The molecule has 8 nitrogen and oxygen atoms in total. The van der Waals surface area contributed by atoms with Gasteiger partial charge in [0.1, 0.15) is 5.69 Å². The molecule has 2 N–H and O–H groups in total. The molecule has 3 saturated heterocycles. The summed E-state index contributed by atoms with van der Waals surface area (Å²) < 4.78 is 1.79. The van der Waals surface area contributed by atoms with Crippen molar-refractivity contribution in [3.05, 3.63) is 23.5 Å². The topological polar surface area (TPSA) is 96.2 Å². The minimum atomic E-state index is -0.0873. The number of nitrogens with zero attached hydrogens (tertiary/aromatic N) is 5. The molecule has 0 saturated carbocycles. The lowest BCUT2D eigenvalue weighted by atomic mass is 9.75. The van der Waals surface area contributed by atoms with E-state index in [2.05, 4.69) is 25.5 Å². The molecule has 0 aromatic carbocycles. The van der Waals surface area contributed by atoms with Crippen LogP contribution in [0.15, 0.2) is 17.8 Å². The van der Waals surface area contributed by atoms with E-state index in [0.29, 0.717) is 22.8 Å². The summed E-state index contributed by atoms with van der Waals surface area (Å²) in [4.78, 5) is 19.0. The number of hydrogen-bond acceptors (Lipinski definition) is 7. The molecule has 2 bridgehead atoms. The Hall–Kier alpha value is -1.84. The van der Waals surface area contributed by atoms with E-state index in [1.807, 2.05) is 5.38 Å². The van der Waals surface area contributed by atoms with E-state index < -0.39 is 0 Å². The van der Waals surface area contributed by atoms with Crippen LogP contribution in [-0.2, 0) is 17.9 Å². The molecule has 1 amide bonds. The summed E-state index contributed by atoms with van der Waals surface area (Å²) in [6, 6.07) is 0.376. The maximum atomic E-state index is 12.5. The molecule has 0 radical (unpaired) electrons. The Bertz CT molecular complexity index is 703. The molecular weight excluding hydrogens is 328 g/mol. The number of fused-ring (bicyclic) bond motifs is 3. The number of hydrogen-bond donors (Lipinski definition) is 2. The number of aliphatic hydroxyl groups is 1. The average molecular weight is 348 g/mol. The van der Waals surface area contributed by atoms with Gasteiger partial charge in [0.15, 0.2) is 5.13 Å². The average Bonchev–Trinajstić information content (AvgIpc) is 3.27. The largest absolute Gasteiger partial charge is 0.390 e. The first-order chi connectivity index (χ1) is 11.7. The zero-order valence-corrected chi connectivity index (χ0v) is 14.0. The van der Waals surface area contributed by atoms with E-state index >= 15 is 0 Å². The molecule has 5 rings (SSSR count). The standard InChI is InChI=1S/C15H20N6O2S/c22-9-11-6-21(19-18-11)7-12-5-10-1-3-20(12)8-13(10)14(23)17-15-16-2-4-24-15/h2,4,6,10,12-13,22H,1,3,5,7-9H2,(H,16,17,23). The van der Waals surface area contributed by atoms with Crippen molar-refractivity contribution in [3.63, 3.8) is 0 Å². The van der Waals surface area contributed by atoms with E-state index in [4.69, 9.17) is 5.11 Å². The molecule has 2 aromatic heterocycles. The maximum Gasteiger partial charge on any atom is 0.230 e. The van der Waals surface area contributed by atoms with Crippen LogP contribution in [0.4, 0.5) is 5.13 Å². The number of piperidine rings is 3. The van der Waals surface area contributed by atoms with Crippen LogP contribution in [0, 0.1) is 11.8 Å². The summed E-state index contributed by atoms with van der Waals surface area (Å²) in [6.45, 7) is 2.48. The molecular formula is C15H20N6O2S. The summed E-state index contributed by atoms with van der Waals surface area (Å²) in [7, 11) is 0. The molecule has 0 spiro atoms. The summed E-state index contributed by atoms with van der Waals surface area (Å²) >= 11 is 1.45. The number of carbonyl (C=O) groups excluding carboxylic acids is 1. The molecule has 9 heteroatoms. The lowest BCUT2D eigenvalue weighted by Crippen LogP contribution is -2.57. The highest BCUT2D eigenvalue weighted by Gasteiger charge is 2.43. The van der Waals surface area contributed by atoms with Gasteiger partial charge in [-0.05, 0) is 25.3 Å². The third-order valence-electron chi connectivity index (χ3n) is 5.02. The molecule has 5 heterocycles. The molecule has 3 aliphatic heterocycles. The number of rotatable bonds is 5. The third kappa shape index (κ3) is 3.06. The normalized spacial score (nSPS) is 28.9. The first-order valence-electron chi connectivity index (χ1n) is 8.17. The fourth-order valence-corrected chi connectivity index (χ4v) is 4.36. The number of thiazole rings is 1. The minimum Gasteiger partial charge on any atom is -0.390 e. The summed E-state index contributed by atoms with van der Waals surface area (Å²) in [6.07, 6.45) is 5.54. The predicted octanol–water partition coefficient (Wildman–Crippen LogP) is 0.576. The van der Waals surface area contributed by atoms with Crippen molar-refractivity contribution in [3.8, 4) is 0 Å². The van der Waals surface area contributed by atoms with Crippen LogP contribution in [-0.4, -0.2) is 55.0 Å². The number of nitrogens with one attached hydrogen (secondary N) is 1. The van der Waals surface area contributed by atoms with Crippen LogP contribution >= 0.6 is 11.3 Å². The number of amides is 1. The SMILES string of the molecule is O=C(Nc1nccs1)C1CN2CCC1CC2Cn1cc(CO)nn1. The Morgan fingerprint density at radius 1 is 1.50 bits per heavy atom. The van der Waals surface area contributed by atoms with Crippen molar-refractivity contribution in [1.82, 2.24) is 24.9 Å². The summed E-state index contributed by atoms with van der Waals surface area (Å²) in [5.74, 6) is 0.518. The molecule has 128 valence electrons. The highest BCUT2D eigenvalue weighted by Crippen LogP contribution is 2.37. The molecule has 3 aliphatic rings. The van der Waals surface area contributed by atoms with Gasteiger partial charge in [0.25, 0.3) is 0 Å². The van der Waals surface area contributed by atoms with Gasteiger partial charge in [0.2, 0.25) is 5.91 Å². The first-order valence-corrected chi connectivity index (χ1v) is 9.05. The monoisotopic (exact) mass is 348 g/mol. The Morgan fingerprint density at radius 2 is 2.42 bits per heavy atom. The van der Waals surface area contributed by atoms with Crippen LogP contribution in [0.1, 0.15) is 18.5 Å². The van der Waals surface area contributed by atoms with Crippen molar-refractivity contribution in [2.45, 2.75) is 32.0 Å². The molecule has 2 aromatic rings. The third-order valence-corrected chi connectivity index (χ3v) is 5.71. The fraction of sp³-hybridized carbons (Fsp3) is 0.600. The van der Waals surface area contributed by atoms with Gasteiger partial charge in [0, 0.05) is 24.2 Å². The fourth-order valence-electron chi connectivity index (χ4n) is 3.82. The van der Waals surface area contributed by atoms with E-state index in [9.17, 15) is 4.79 Å². The molecule has 0 aliphatic carbocycles. The van der Waals surface area contributed by atoms with E-state index in [-0.39, 0.29) is 18.4 Å². The Morgan fingerprint density at radius 3 is 3.08 bits per heavy atom. The van der Waals surface area contributed by atoms with Crippen molar-refractivity contribution in [2.75, 3.05) is 18.4 Å². The van der Waals surface area contributed by atoms with Gasteiger partial charge in [0.05, 0.1) is 25.3 Å². The van der Waals surface area contributed by atoms with Crippen molar-refractivity contribution >= 4 is 22.4 Å². The van der Waals surface area contributed by atoms with Gasteiger partial charge in [-0.2, -0.15) is 0 Å². The second-order valence-electron chi connectivity index (χ2n) is 6.46. The van der Waals surface area contributed by atoms with Gasteiger partial charge in [-0.15, -0.1) is 16.4 Å². The van der Waals surface area contributed by atoms with Crippen molar-refractivity contribution < 1.29 is 9.90 Å². The van der Waals surface area contributed by atoms with Crippen LogP contribution in [0.3, 0.4) is 0 Å². The number of carbonyl (C=O) groups is 1. The number of aliphatic hydroxyl groups excluding tert-OH is 1. The zero-order chi connectivity index (χ0) is 16.5. The van der Waals surface area contributed by atoms with Crippen LogP contribution in [0.25, 0.3) is 0 Å². The minimum absolute atomic E-state index is 0.0302. The number of aromatic nitrogens is 4. The molecule has 4 atom stereocenters. The molecule has 3 fully saturated rings. The van der Waals surface area contributed by atoms with Crippen LogP contribution in [0.5, 0.6) is 0 Å². The van der Waals surface area contributed by atoms with Gasteiger partial charge < -0.3 is 10.4 Å².